The van der Waals surface area contributed by atoms with Crippen molar-refractivity contribution in [2.24, 2.45) is 0 Å². The predicted molar refractivity (Wildman–Crippen MR) is 60.2 cm³/mol. The third kappa shape index (κ3) is 2.90. The summed E-state index contributed by atoms with van der Waals surface area (Å²) in [4.78, 5) is 13.8. The number of hydrogen-bond acceptors (Lipinski definition) is 3. The average molecular weight is 242 g/mol. The van der Waals surface area contributed by atoms with E-state index in [1.807, 2.05) is 20.8 Å². The second-order valence-electron chi connectivity index (χ2n) is 5.83. The Kier molecular flexibility index (Phi) is 3.32. The summed E-state index contributed by atoms with van der Waals surface area (Å²) >= 11 is 0. The Morgan fingerprint density at radius 1 is 1.24 bits per heavy atom. The highest BCUT2D eigenvalue weighted by Crippen LogP contribution is 2.29. The number of rotatable bonds is 0. The van der Waals surface area contributed by atoms with Crippen LogP contribution >= 0.6 is 0 Å². The van der Waals surface area contributed by atoms with Crippen molar-refractivity contribution in [3.05, 3.63) is 0 Å². The number of ether oxygens (including phenoxy) is 2. The van der Waals surface area contributed by atoms with Gasteiger partial charge in [0.15, 0.2) is 0 Å². The summed E-state index contributed by atoms with van der Waals surface area (Å²) in [7, 11) is 0. The Bertz CT molecular complexity index is 285. The second kappa shape index (κ2) is 4.46. The molecule has 5 heteroatoms. The molecule has 97 valence electrons. The number of carbonyl (C=O) groups is 1. The zero-order valence-corrected chi connectivity index (χ0v) is 10.6. The van der Waals surface area contributed by atoms with E-state index in [1.54, 1.807) is 4.90 Å². The summed E-state index contributed by atoms with van der Waals surface area (Å²) in [6, 6.07) is -0.223. The van der Waals surface area contributed by atoms with E-state index in [0.717, 1.165) is 0 Å². The first-order chi connectivity index (χ1) is 7.87. The number of hydrogen-bond donors (Lipinski definition) is 0. The summed E-state index contributed by atoms with van der Waals surface area (Å²) in [5, 5.41) is 11.6. The summed E-state index contributed by atoms with van der Waals surface area (Å²) < 4.78 is 10.8. The van der Waals surface area contributed by atoms with Crippen LogP contribution in [-0.2, 0) is 14.6 Å². The molecule has 17 heavy (non-hydrogen) atoms. The monoisotopic (exact) mass is 242 g/mol. The van der Waals surface area contributed by atoms with E-state index in [4.69, 9.17) is 9.47 Å². The van der Waals surface area contributed by atoms with Gasteiger partial charge in [0.25, 0.3) is 0 Å². The van der Waals surface area contributed by atoms with Gasteiger partial charge in [0, 0.05) is 0 Å². The normalized spacial score (nSPS) is 33.4. The van der Waals surface area contributed by atoms with Gasteiger partial charge in [-0.05, 0) is 33.6 Å². The van der Waals surface area contributed by atoms with Gasteiger partial charge in [-0.1, -0.05) is 0 Å². The number of amides is 1. The molecular weight excluding hydrogens is 222 g/mol. The van der Waals surface area contributed by atoms with E-state index in [0.29, 0.717) is 26.1 Å². The van der Waals surface area contributed by atoms with Gasteiger partial charge in [0.1, 0.15) is 5.60 Å². The SMILES string of the molecule is CC(C)(C)OC(=O)N1C2COCC1CC([O])C2. The van der Waals surface area contributed by atoms with Crippen LogP contribution in [0.5, 0.6) is 0 Å². The fourth-order valence-corrected chi connectivity index (χ4v) is 2.48. The van der Waals surface area contributed by atoms with Crippen LogP contribution < -0.4 is 0 Å². The molecule has 2 rings (SSSR count). The average Bonchev–Trinajstić information content (AvgIpc) is 2.12. The molecule has 2 unspecified atom stereocenters. The molecule has 2 aliphatic rings. The summed E-state index contributed by atoms with van der Waals surface area (Å²) in [5.74, 6) is 0. The Morgan fingerprint density at radius 3 is 2.24 bits per heavy atom. The quantitative estimate of drug-likeness (QED) is 0.648. The lowest BCUT2D eigenvalue weighted by atomic mass is 9.92. The highest BCUT2D eigenvalue weighted by molar-refractivity contribution is 5.69. The van der Waals surface area contributed by atoms with Gasteiger partial charge in [-0.15, -0.1) is 0 Å². The molecule has 2 aliphatic heterocycles. The van der Waals surface area contributed by atoms with Crippen molar-refractivity contribution in [3.8, 4) is 0 Å². The van der Waals surface area contributed by atoms with E-state index in [-0.39, 0.29) is 18.2 Å². The number of carbonyl (C=O) groups excluding carboxylic acids is 1. The molecule has 2 bridgehead atoms. The van der Waals surface area contributed by atoms with Crippen LogP contribution in [0.25, 0.3) is 0 Å². The van der Waals surface area contributed by atoms with Gasteiger partial charge >= 0.3 is 6.09 Å². The molecule has 2 saturated heterocycles. The third-order valence-electron chi connectivity index (χ3n) is 3.08. The van der Waals surface area contributed by atoms with Gasteiger partial charge in [-0.25, -0.2) is 9.90 Å². The Balaban J connectivity index is 2.07. The maximum absolute atomic E-state index is 12.1. The molecule has 0 N–H and O–H groups in total. The number of piperidine rings is 1. The standard InChI is InChI=1S/C12H20NO4/c1-12(2,3)17-11(15)13-8-4-10(14)5-9(13)7-16-6-8/h8-10H,4-7H2,1-3H3. The van der Waals surface area contributed by atoms with Crippen LogP contribution in [0.4, 0.5) is 4.79 Å². The minimum absolute atomic E-state index is 0.111. The molecule has 0 aromatic rings. The van der Waals surface area contributed by atoms with Crippen molar-refractivity contribution in [3.63, 3.8) is 0 Å². The van der Waals surface area contributed by atoms with Crippen molar-refractivity contribution in [2.75, 3.05) is 13.2 Å². The molecule has 0 aromatic carbocycles. The zero-order valence-electron chi connectivity index (χ0n) is 10.6. The lowest BCUT2D eigenvalue weighted by molar-refractivity contribution is -0.114. The predicted octanol–water partition coefficient (Wildman–Crippen LogP) is 1.58. The van der Waals surface area contributed by atoms with Crippen molar-refractivity contribution in [2.45, 2.75) is 57.4 Å². The van der Waals surface area contributed by atoms with Crippen LogP contribution in [0, 0.1) is 0 Å². The lowest BCUT2D eigenvalue weighted by Crippen LogP contribution is -2.60. The molecule has 0 aliphatic carbocycles. The Labute approximate surface area is 102 Å². The second-order valence-corrected chi connectivity index (χ2v) is 5.83. The molecule has 2 atom stereocenters. The molecule has 0 saturated carbocycles. The molecule has 0 spiro atoms. The van der Waals surface area contributed by atoms with Crippen LogP contribution in [0.15, 0.2) is 0 Å². The molecule has 5 nitrogen and oxygen atoms in total. The van der Waals surface area contributed by atoms with Crippen molar-refractivity contribution in [1.29, 1.82) is 0 Å². The molecule has 0 aromatic heterocycles. The highest BCUT2D eigenvalue weighted by Gasteiger charge is 2.43. The van der Waals surface area contributed by atoms with Crippen molar-refractivity contribution in [1.82, 2.24) is 4.90 Å². The van der Waals surface area contributed by atoms with E-state index >= 15 is 0 Å². The zero-order chi connectivity index (χ0) is 12.6. The van der Waals surface area contributed by atoms with E-state index in [9.17, 15) is 9.90 Å². The molecule has 1 radical (unpaired) electrons. The first-order valence-corrected chi connectivity index (χ1v) is 6.11. The van der Waals surface area contributed by atoms with Crippen LogP contribution in [0.1, 0.15) is 33.6 Å². The van der Waals surface area contributed by atoms with Gasteiger partial charge in [-0.3, -0.25) is 4.90 Å². The Hall–Kier alpha value is -0.810. The number of morpholine rings is 1. The maximum Gasteiger partial charge on any atom is 0.410 e. The number of fused-ring (bicyclic) bond motifs is 2. The molecular formula is C12H20NO4. The van der Waals surface area contributed by atoms with E-state index < -0.39 is 11.7 Å². The van der Waals surface area contributed by atoms with Crippen LogP contribution in [0.3, 0.4) is 0 Å². The van der Waals surface area contributed by atoms with E-state index in [2.05, 4.69) is 0 Å². The van der Waals surface area contributed by atoms with Gasteiger partial charge in [0.05, 0.1) is 31.4 Å². The summed E-state index contributed by atoms with van der Waals surface area (Å²) in [6.45, 7) is 6.44. The Morgan fingerprint density at radius 2 is 1.76 bits per heavy atom. The fourth-order valence-electron chi connectivity index (χ4n) is 2.48. The molecule has 2 heterocycles. The van der Waals surface area contributed by atoms with Gasteiger partial charge in [0.2, 0.25) is 0 Å². The minimum atomic E-state index is -0.576. The van der Waals surface area contributed by atoms with Crippen LogP contribution in [0.2, 0.25) is 0 Å². The van der Waals surface area contributed by atoms with Crippen molar-refractivity contribution >= 4 is 6.09 Å². The third-order valence-corrected chi connectivity index (χ3v) is 3.08. The van der Waals surface area contributed by atoms with E-state index in [1.165, 1.54) is 0 Å². The molecule has 1 amide bonds. The maximum atomic E-state index is 12.1. The van der Waals surface area contributed by atoms with Gasteiger partial charge in [-0.2, -0.15) is 0 Å². The fraction of sp³-hybridized carbons (Fsp3) is 0.917. The summed E-state index contributed by atoms with van der Waals surface area (Å²) in [5.41, 5.74) is -0.499. The first kappa shape index (κ1) is 12.6. The minimum Gasteiger partial charge on any atom is -0.444 e. The van der Waals surface area contributed by atoms with Gasteiger partial charge < -0.3 is 9.47 Å². The topological polar surface area (TPSA) is 58.7 Å². The highest BCUT2D eigenvalue weighted by atomic mass is 16.6. The lowest BCUT2D eigenvalue weighted by Gasteiger charge is -2.46. The molecule has 2 fully saturated rings. The summed E-state index contributed by atoms with van der Waals surface area (Å²) in [6.07, 6.45) is 0.0427. The first-order valence-electron chi connectivity index (χ1n) is 6.11. The van der Waals surface area contributed by atoms with Crippen molar-refractivity contribution < 1.29 is 19.4 Å². The number of nitrogens with zero attached hydrogens (tertiary/aromatic N) is 1. The van der Waals surface area contributed by atoms with Crippen LogP contribution in [-0.4, -0.2) is 48.0 Å². The smallest absolute Gasteiger partial charge is 0.410 e. The largest absolute Gasteiger partial charge is 0.444 e.